The molecule has 0 radical (unpaired) electrons. The zero-order valence-corrected chi connectivity index (χ0v) is 12.6. The van der Waals surface area contributed by atoms with Gasteiger partial charge in [0.15, 0.2) is 11.5 Å². The SMILES string of the molecule is COc1cc2c(cc1OCc1ccccc1)CC(C)NC2. The minimum atomic E-state index is 0.507. The van der Waals surface area contributed by atoms with Gasteiger partial charge in [0.05, 0.1) is 7.11 Å². The van der Waals surface area contributed by atoms with Crippen molar-refractivity contribution in [1.82, 2.24) is 5.32 Å². The van der Waals surface area contributed by atoms with Crippen molar-refractivity contribution >= 4 is 0 Å². The third kappa shape index (κ3) is 3.19. The maximum atomic E-state index is 5.97. The van der Waals surface area contributed by atoms with Gasteiger partial charge in [-0.05, 0) is 42.2 Å². The second-order valence-electron chi connectivity index (χ2n) is 5.53. The van der Waals surface area contributed by atoms with Crippen LogP contribution in [0.5, 0.6) is 11.5 Å². The normalized spacial score (nSPS) is 17.1. The van der Waals surface area contributed by atoms with Crippen molar-refractivity contribution in [3.63, 3.8) is 0 Å². The van der Waals surface area contributed by atoms with Crippen molar-refractivity contribution in [3.05, 3.63) is 59.2 Å². The lowest BCUT2D eigenvalue weighted by atomic mass is 9.96. The van der Waals surface area contributed by atoms with E-state index in [2.05, 4.69) is 36.5 Å². The van der Waals surface area contributed by atoms with E-state index in [4.69, 9.17) is 9.47 Å². The fourth-order valence-electron chi connectivity index (χ4n) is 2.69. The van der Waals surface area contributed by atoms with E-state index in [1.54, 1.807) is 7.11 Å². The van der Waals surface area contributed by atoms with E-state index in [-0.39, 0.29) is 0 Å². The minimum Gasteiger partial charge on any atom is -0.493 e. The molecule has 0 saturated carbocycles. The molecule has 1 unspecified atom stereocenters. The monoisotopic (exact) mass is 283 g/mol. The van der Waals surface area contributed by atoms with Gasteiger partial charge in [0, 0.05) is 12.6 Å². The van der Waals surface area contributed by atoms with Crippen LogP contribution in [0.15, 0.2) is 42.5 Å². The van der Waals surface area contributed by atoms with Gasteiger partial charge < -0.3 is 14.8 Å². The molecule has 2 aromatic rings. The van der Waals surface area contributed by atoms with E-state index in [0.717, 1.165) is 30.0 Å². The number of hydrogen-bond acceptors (Lipinski definition) is 3. The number of fused-ring (bicyclic) bond motifs is 1. The molecular formula is C18H21NO2. The molecule has 2 aromatic carbocycles. The Hall–Kier alpha value is -2.00. The van der Waals surface area contributed by atoms with Crippen LogP contribution in [0, 0.1) is 0 Å². The molecule has 0 aromatic heterocycles. The zero-order valence-electron chi connectivity index (χ0n) is 12.6. The Morgan fingerprint density at radius 2 is 1.86 bits per heavy atom. The van der Waals surface area contributed by atoms with E-state index in [1.807, 2.05) is 18.2 Å². The lowest BCUT2D eigenvalue weighted by molar-refractivity contribution is 0.283. The Kier molecular flexibility index (Phi) is 4.11. The number of rotatable bonds is 4. The molecular weight excluding hydrogens is 262 g/mol. The molecule has 1 heterocycles. The number of benzene rings is 2. The van der Waals surface area contributed by atoms with E-state index >= 15 is 0 Å². The third-order valence-corrected chi connectivity index (χ3v) is 3.89. The fraction of sp³-hybridized carbons (Fsp3) is 0.333. The van der Waals surface area contributed by atoms with Crippen LogP contribution < -0.4 is 14.8 Å². The van der Waals surface area contributed by atoms with E-state index < -0.39 is 0 Å². The quantitative estimate of drug-likeness (QED) is 0.934. The summed E-state index contributed by atoms with van der Waals surface area (Å²) in [6, 6.07) is 14.9. The van der Waals surface area contributed by atoms with Gasteiger partial charge in [-0.25, -0.2) is 0 Å². The predicted molar refractivity (Wildman–Crippen MR) is 83.8 cm³/mol. The molecule has 1 aliphatic heterocycles. The van der Waals surface area contributed by atoms with Gasteiger partial charge in [0.2, 0.25) is 0 Å². The van der Waals surface area contributed by atoms with Crippen LogP contribution in [0.25, 0.3) is 0 Å². The largest absolute Gasteiger partial charge is 0.493 e. The maximum absolute atomic E-state index is 5.97. The van der Waals surface area contributed by atoms with Crippen LogP contribution >= 0.6 is 0 Å². The summed E-state index contributed by atoms with van der Waals surface area (Å²) in [4.78, 5) is 0. The average Bonchev–Trinajstić information content (AvgIpc) is 2.53. The minimum absolute atomic E-state index is 0.507. The smallest absolute Gasteiger partial charge is 0.161 e. The summed E-state index contributed by atoms with van der Waals surface area (Å²) in [5, 5.41) is 3.47. The predicted octanol–water partition coefficient (Wildman–Crippen LogP) is 3.31. The Morgan fingerprint density at radius 3 is 2.62 bits per heavy atom. The standard InChI is InChI=1S/C18H21NO2/c1-13-8-15-9-18(17(20-2)10-16(15)11-19-13)21-12-14-6-4-3-5-7-14/h3-7,9-10,13,19H,8,11-12H2,1-2H3. The highest BCUT2D eigenvalue weighted by Gasteiger charge is 2.18. The van der Waals surface area contributed by atoms with Crippen molar-refractivity contribution in [3.8, 4) is 11.5 Å². The second kappa shape index (κ2) is 6.19. The number of nitrogens with one attached hydrogen (secondary N) is 1. The summed E-state index contributed by atoms with van der Waals surface area (Å²) in [5.74, 6) is 1.63. The molecule has 1 atom stereocenters. The van der Waals surface area contributed by atoms with E-state index in [0.29, 0.717) is 12.6 Å². The Bertz CT molecular complexity index is 610. The molecule has 3 nitrogen and oxygen atoms in total. The molecule has 0 bridgehead atoms. The van der Waals surface area contributed by atoms with Crippen molar-refractivity contribution in [2.75, 3.05) is 7.11 Å². The molecule has 0 fully saturated rings. The molecule has 1 N–H and O–H groups in total. The van der Waals surface area contributed by atoms with Crippen molar-refractivity contribution in [2.45, 2.75) is 32.5 Å². The van der Waals surface area contributed by atoms with Gasteiger partial charge in [-0.15, -0.1) is 0 Å². The molecule has 21 heavy (non-hydrogen) atoms. The Morgan fingerprint density at radius 1 is 1.10 bits per heavy atom. The Balaban J connectivity index is 1.82. The molecule has 3 rings (SSSR count). The molecule has 0 aliphatic carbocycles. The second-order valence-corrected chi connectivity index (χ2v) is 5.53. The molecule has 110 valence electrons. The van der Waals surface area contributed by atoms with Crippen LogP contribution in [-0.2, 0) is 19.6 Å². The van der Waals surface area contributed by atoms with Gasteiger partial charge in [0.1, 0.15) is 6.61 Å². The van der Waals surface area contributed by atoms with Crippen LogP contribution in [0.1, 0.15) is 23.6 Å². The summed E-state index contributed by atoms with van der Waals surface area (Å²) in [7, 11) is 1.69. The summed E-state index contributed by atoms with van der Waals surface area (Å²) < 4.78 is 11.4. The van der Waals surface area contributed by atoms with Crippen LogP contribution in [-0.4, -0.2) is 13.2 Å². The topological polar surface area (TPSA) is 30.5 Å². The first-order valence-corrected chi connectivity index (χ1v) is 7.36. The maximum Gasteiger partial charge on any atom is 0.161 e. The van der Waals surface area contributed by atoms with Gasteiger partial charge in [-0.2, -0.15) is 0 Å². The van der Waals surface area contributed by atoms with E-state index in [1.165, 1.54) is 11.1 Å². The van der Waals surface area contributed by atoms with Crippen LogP contribution in [0.2, 0.25) is 0 Å². The van der Waals surface area contributed by atoms with Gasteiger partial charge >= 0.3 is 0 Å². The fourth-order valence-corrected chi connectivity index (χ4v) is 2.69. The van der Waals surface area contributed by atoms with Crippen molar-refractivity contribution < 1.29 is 9.47 Å². The Labute approximate surface area is 125 Å². The molecule has 1 aliphatic rings. The summed E-state index contributed by atoms with van der Waals surface area (Å²) in [6.45, 7) is 3.66. The van der Waals surface area contributed by atoms with Gasteiger partial charge in [-0.3, -0.25) is 0 Å². The van der Waals surface area contributed by atoms with Gasteiger partial charge in [0.25, 0.3) is 0 Å². The molecule has 0 amide bonds. The van der Waals surface area contributed by atoms with Crippen molar-refractivity contribution in [2.24, 2.45) is 0 Å². The first-order valence-electron chi connectivity index (χ1n) is 7.36. The lowest BCUT2D eigenvalue weighted by Crippen LogP contribution is -2.32. The van der Waals surface area contributed by atoms with Crippen LogP contribution in [0.3, 0.4) is 0 Å². The average molecular weight is 283 g/mol. The molecule has 3 heteroatoms. The summed E-state index contributed by atoms with van der Waals surface area (Å²) in [6.07, 6.45) is 1.03. The summed E-state index contributed by atoms with van der Waals surface area (Å²) >= 11 is 0. The lowest BCUT2D eigenvalue weighted by Gasteiger charge is -2.24. The van der Waals surface area contributed by atoms with Crippen LogP contribution in [0.4, 0.5) is 0 Å². The van der Waals surface area contributed by atoms with Gasteiger partial charge in [-0.1, -0.05) is 30.3 Å². The molecule has 0 spiro atoms. The molecule has 0 saturated heterocycles. The highest BCUT2D eigenvalue weighted by atomic mass is 16.5. The number of hydrogen-bond donors (Lipinski definition) is 1. The number of ether oxygens (including phenoxy) is 2. The highest BCUT2D eigenvalue weighted by molar-refractivity contribution is 5.48. The zero-order chi connectivity index (χ0) is 14.7. The third-order valence-electron chi connectivity index (χ3n) is 3.89. The van der Waals surface area contributed by atoms with E-state index in [9.17, 15) is 0 Å². The number of methoxy groups -OCH3 is 1. The van der Waals surface area contributed by atoms with Crippen molar-refractivity contribution in [1.29, 1.82) is 0 Å². The summed E-state index contributed by atoms with van der Waals surface area (Å²) in [5.41, 5.74) is 3.81. The first-order chi connectivity index (χ1) is 10.3. The first kappa shape index (κ1) is 14.0. The highest BCUT2D eigenvalue weighted by Crippen LogP contribution is 2.33.